The normalized spacial score (nSPS) is 10.3. The summed E-state index contributed by atoms with van der Waals surface area (Å²) >= 11 is 2.84. The standard InChI is InChI=1S/C12H12N2O2S2/c1-17-11-4-2-3-10(6-11)13-7-9-5-12(14(15)16)18-8-9/h2-6,8,13H,7H2,1H3. The molecule has 1 aromatic carbocycles. The van der Waals surface area contributed by atoms with Crippen LogP contribution in [0.15, 0.2) is 40.6 Å². The SMILES string of the molecule is CSc1cccc(NCc2csc([N+](=O)[O-])c2)c1. The van der Waals surface area contributed by atoms with E-state index in [1.807, 2.05) is 29.8 Å². The highest BCUT2D eigenvalue weighted by molar-refractivity contribution is 7.98. The van der Waals surface area contributed by atoms with E-state index in [-0.39, 0.29) is 9.92 Å². The van der Waals surface area contributed by atoms with Crippen LogP contribution in [0.5, 0.6) is 0 Å². The van der Waals surface area contributed by atoms with Gasteiger partial charge in [0.1, 0.15) is 0 Å². The van der Waals surface area contributed by atoms with E-state index < -0.39 is 0 Å². The lowest BCUT2D eigenvalue weighted by Crippen LogP contribution is -1.97. The third-order valence-corrected chi connectivity index (χ3v) is 4.04. The molecule has 0 aliphatic heterocycles. The summed E-state index contributed by atoms with van der Waals surface area (Å²) in [6.45, 7) is 0.599. The van der Waals surface area contributed by atoms with Crippen molar-refractivity contribution >= 4 is 33.8 Å². The minimum atomic E-state index is -0.359. The van der Waals surface area contributed by atoms with E-state index in [0.29, 0.717) is 6.54 Å². The number of nitrogens with zero attached hydrogens (tertiary/aromatic N) is 1. The second-order valence-corrected chi connectivity index (χ2v) is 5.41. The summed E-state index contributed by atoms with van der Waals surface area (Å²) in [6, 6.07) is 9.69. The number of hydrogen-bond donors (Lipinski definition) is 1. The molecule has 4 nitrogen and oxygen atoms in total. The lowest BCUT2D eigenvalue weighted by molar-refractivity contribution is -0.380. The molecule has 1 aromatic heterocycles. The Labute approximate surface area is 113 Å². The maximum atomic E-state index is 10.6. The Morgan fingerprint density at radius 3 is 2.94 bits per heavy atom. The Morgan fingerprint density at radius 1 is 1.44 bits per heavy atom. The van der Waals surface area contributed by atoms with Crippen LogP contribution in [0.3, 0.4) is 0 Å². The molecule has 0 aliphatic carbocycles. The zero-order valence-corrected chi connectivity index (χ0v) is 11.4. The largest absolute Gasteiger partial charge is 0.381 e. The van der Waals surface area contributed by atoms with Gasteiger partial charge in [-0.1, -0.05) is 17.4 Å². The highest BCUT2D eigenvalue weighted by Crippen LogP contribution is 2.24. The van der Waals surface area contributed by atoms with Crippen molar-refractivity contribution in [2.24, 2.45) is 0 Å². The molecule has 18 heavy (non-hydrogen) atoms. The van der Waals surface area contributed by atoms with Crippen LogP contribution in [0.2, 0.25) is 0 Å². The molecule has 2 aromatic rings. The van der Waals surface area contributed by atoms with Crippen LogP contribution in [0.1, 0.15) is 5.56 Å². The Hall–Kier alpha value is -1.53. The number of nitrogens with one attached hydrogen (secondary N) is 1. The maximum Gasteiger partial charge on any atom is 0.324 e. The molecule has 0 amide bonds. The third kappa shape index (κ3) is 3.24. The molecular formula is C12H12N2O2S2. The quantitative estimate of drug-likeness (QED) is 0.511. The molecular weight excluding hydrogens is 268 g/mol. The Bertz CT molecular complexity index is 555. The number of anilines is 1. The van der Waals surface area contributed by atoms with Crippen LogP contribution in [0, 0.1) is 10.1 Å². The van der Waals surface area contributed by atoms with Crippen LogP contribution in [0.4, 0.5) is 10.7 Å². The van der Waals surface area contributed by atoms with Gasteiger partial charge in [-0.05, 0) is 30.0 Å². The molecule has 0 bridgehead atoms. The first kappa shape index (κ1) is 12.9. The molecule has 94 valence electrons. The molecule has 2 rings (SSSR count). The number of thioether (sulfide) groups is 1. The topological polar surface area (TPSA) is 55.2 Å². The molecule has 6 heteroatoms. The van der Waals surface area contributed by atoms with Gasteiger partial charge in [-0.25, -0.2) is 0 Å². The van der Waals surface area contributed by atoms with Crippen molar-refractivity contribution in [3.05, 3.63) is 51.4 Å². The molecule has 0 saturated carbocycles. The van der Waals surface area contributed by atoms with Gasteiger partial charge in [0.05, 0.1) is 4.92 Å². The fourth-order valence-corrected chi connectivity index (χ4v) is 2.68. The number of rotatable bonds is 5. The van der Waals surface area contributed by atoms with Crippen LogP contribution >= 0.6 is 23.1 Å². The Morgan fingerprint density at radius 2 is 2.28 bits per heavy atom. The monoisotopic (exact) mass is 280 g/mol. The smallest absolute Gasteiger partial charge is 0.324 e. The van der Waals surface area contributed by atoms with Crippen molar-refractivity contribution in [2.45, 2.75) is 11.4 Å². The van der Waals surface area contributed by atoms with Crippen molar-refractivity contribution in [3.63, 3.8) is 0 Å². The number of nitro groups is 1. The fraction of sp³-hybridized carbons (Fsp3) is 0.167. The van der Waals surface area contributed by atoms with E-state index >= 15 is 0 Å². The van der Waals surface area contributed by atoms with Crippen molar-refractivity contribution in [3.8, 4) is 0 Å². The minimum absolute atomic E-state index is 0.185. The zero-order valence-electron chi connectivity index (χ0n) is 9.75. The van der Waals surface area contributed by atoms with Gasteiger partial charge in [0.2, 0.25) is 0 Å². The van der Waals surface area contributed by atoms with Gasteiger partial charge in [-0.15, -0.1) is 11.8 Å². The molecule has 0 saturated heterocycles. The molecule has 1 heterocycles. The zero-order chi connectivity index (χ0) is 13.0. The molecule has 1 N–H and O–H groups in total. The lowest BCUT2D eigenvalue weighted by atomic mass is 10.3. The first-order valence-corrected chi connectivity index (χ1v) is 7.39. The highest BCUT2D eigenvalue weighted by atomic mass is 32.2. The van der Waals surface area contributed by atoms with E-state index in [1.54, 1.807) is 17.8 Å². The van der Waals surface area contributed by atoms with Gasteiger partial charge < -0.3 is 5.32 Å². The number of hydrogen-bond acceptors (Lipinski definition) is 5. The van der Waals surface area contributed by atoms with Crippen LogP contribution in [-0.4, -0.2) is 11.2 Å². The lowest BCUT2D eigenvalue weighted by Gasteiger charge is -2.05. The molecule has 0 unspecified atom stereocenters. The summed E-state index contributed by atoms with van der Waals surface area (Å²) in [5.74, 6) is 0. The molecule has 0 atom stereocenters. The van der Waals surface area contributed by atoms with E-state index in [9.17, 15) is 10.1 Å². The number of thiophene rings is 1. The van der Waals surface area contributed by atoms with Crippen molar-refractivity contribution in [2.75, 3.05) is 11.6 Å². The second-order valence-electron chi connectivity index (χ2n) is 3.64. The van der Waals surface area contributed by atoms with Gasteiger partial charge in [-0.3, -0.25) is 10.1 Å². The van der Waals surface area contributed by atoms with Gasteiger partial charge in [0.25, 0.3) is 0 Å². The van der Waals surface area contributed by atoms with Gasteiger partial charge >= 0.3 is 5.00 Å². The minimum Gasteiger partial charge on any atom is -0.381 e. The van der Waals surface area contributed by atoms with Crippen molar-refractivity contribution < 1.29 is 4.92 Å². The van der Waals surface area contributed by atoms with Crippen molar-refractivity contribution in [1.29, 1.82) is 0 Å². The summed E-state index contributed by atoms with van der Waals surface area (Å²) in [7, 11) is 0. The second kappa shape index (κ2) is 5.88. The van der Waals surface area contributed by atoms with Gasteiger partial charge in [0.15, 0.2) is 0 Å². The summed E-state index contributed by atoms with van der Waals surface area (Å²) in [6.07, 6.45) is 2.03. The third-order valence-electron chi connectivity index (χ3n) is 2.39. The van der Waals surface area contributed by atoms with Crippen molar-refractivity contribution in [1.82, 2.24) is 0 Å². The van der Waals surface area contributed by atoms with Crippen LogP contribution < -0.4 is 5.32 Å². The fourth-order valence-electron chi connectivity index (χ4n) is 1.49. The van der Waals surface area contributed by atoms with Gasteiger partial charge in [-0.2, -0.15) is 0 Å². The van der Waals surface area contributed by atoms with Gasteiger partial charge in [0, 0.05) is 28.6 Å². The average Bonchev–Trinajstić information content (AvgIpc) is 2.85. The first-order valence-electron chi connectivity index (χ1n) is 5.29. The summed E-state index contributed by atoms with van der Waals surface area (Å²) in [4.78, 5) is 11.4. The predicted octanol–water partition coefficient (Wildman–Crippen LogP) is 3.99. The molecule has 0 radical (unpaired) electrons. The summed E-state index contributed by atoms with van der Waals surface area (Å²) in [5, 5.41) is 15.8. The highest BCUT2D eigenvalue weighted by Gasteiger charge is 2.09. The molecule has 0 fully saturated rings. The van der Waals surface area contributed by atoms with E-state index in [1.165, 1.54) is 4.90 Å². The summed E-state index contributed by atoms with van der Waals surface area (Å²) in [5.41, 5.74) is 1.96. The van der Waals surface area contributed by atoms with E-state index in [2.05, 4.69) is 11.4 Å². The average molecular weight is 280 g/mol. The number of benzene rings is 1. The summed E-state index contributed by atoms with van der Waals surface area (Å²) < 4.78 is 0. The van der Waals surface area contributed by atoms with Crippen LogP contribution in [-0.2, 0) is 6.54 Å². The van der Waals surface area contributed by atoms with E-state index in [4.69, 9.17) is 0 Å². The first-order chi connectivity index (χ1) is 8.69. The Balaban J connectivity index is 1.99. The maximum absolute atomic E-state index is 10.6. The molecule has 0 spiro atoms. The Kier molecular flexibility index (Phi) is 4.22. The van der Waals surface area contributed by atoms with E-state index in [0.717, 1.165) is 22.6 Å². The molecule has 0 aliphatic rings. The van der Waals surface area contributed by atoms with Crippen LogP contribution in [0.25, 0.3) is 0 Å². The predicted molar refractivity (Wildman–Crippen MR) is 76.5 cm³/mol.